The zero-order valence-corrected chi connectivity index (χ0v) is 14.9. The normalized spacial score (nSPS) is 13.3. The quantitative estimate of drug-likeness (QED) is 0.647. The summed E-state index contributed by atoms with van der Waals surface area (Å²) in [6.45, 7) is 6.03. The second-order valence-electron chi connectivity index (χ2n) is 6.88. The van der Waals surface area contributed by atoms with Gasteiger partial charge in [0.25, 0.3) is 0 Å². The lowest BCUT2D eigenvalue weighted by molar-refractivity contribution is 0.101. The van der Waals surface area contributed by atoms with Gasteiger partial charge < -0.3 is 9.32 Å². The molecule has 4 nitrogen and oxygen atoms in total. The van der Waals surface area contributed by atoms with Crippen LogP contribution in [0.15, 0.2) is 39.5 Å². The number of carbonyl (C=O) groups is 1. The maximum absolute atomic E-state index is 13.5. The molecule has 0 amide bonds. The van der Waals surface area contributed by atoms with Crippen molar-refractivity contribution in [3.05, 3.63) is 74.2 Å². The summed E-state index contributed by atoms with van der Waals surface area (Å²) in [7, 11) is 0. The molecule has 132 valence electrons. The second-order valence-corrected chi connectivity index (χ2v) is 6.88. The molecular weight excluding hydrogens is 333 g/mol. The van der Waals surface area contributed by atoms with Gasteiger partial charge in [-0.25, -0.2) is 4.39 Å². The smallest absolute Gasteiger partial charge is 0.203 e. The molecule has 3 aromatic rings. The van der Waals surface area contributed by atoms with Gasteiger partial charge in [0.1, 0.15) is 5.82 Å². The number of hydrogen-bond acceptors (Lipinski definition) is 4. The summed E-state index contributed by atoms with van der Waals surface area (Å²) < 4.78 is 19.6. The van der Waals surface area contributed by atoms with Crippen molar-refractivity contribution in [2.45, 2.75) is 33.9 Å². The molecule has 0 aliphatic carbocycles. The third-order valence-corrected chi connectivity index (χ3v) is 4.90. The number of benzene rings is 2. The van der Waals surface area contributed by atoms with Gasteiger partial charge in [-0.2, -0.15) is 0 Å². The summed E-state index contributed by atoms with van der Waals surface area (Å²) in [5.41, 5.74) is 3.79. The van der Waals surface area contributed by atoms with Gasteiger partial charge in [-0.3, -0.25) is 9.59 Å². The molecule has 26 heavy (non-hydrogen) atoms. The summed E-state index contributed by atoms with van der Waals surface area (Å²) in [6, 6.07) is 8.18. The van der Waals surface area contributed by atoms with Crippen molar-refractivity contribution in [1.82, 2.24) is 0 Å². The fourth-order valence-electron chi connectivity index (χ4n) is 3.59. The van der Waals surface area contributed by atoms with E-state index in [1.54, 1.807) is 25.1 Å². The molecule has 1 aliphatic rings. The van der Waals surface area contributed by atoms with E-state index in [1.807, 2.05) is 11.8 Å². The molecule has 0 spiro atoms. The SMILES string of the molecule is CC(=O)c1cc(C)cc2c(=O)c(C)c(N3Cc4ccc(F)cc4C3)oc12. The largest absolute Gasteiger partial charge is 0.439 e. The third kappa shape index (κ3) is 2.51. The average molecular weight is 351 g/mol. The summed E-state index contributed by atoms with van der Waals surface area (Å²) in [6.07, 6.45) is 0. The minimum Gasteiger partial charge on any atom is -0.439 e. The van der Waals surface area contributed by atoms with Crippen molar-refractivity contribution in [2.24, 2.45) is 0 Å². The number of nitrogens with zero attached hydrogens (tertiary/aromatic N) is 1. The van der Waals surface area contributed by atoms with Gasteiger partial charge in [-0.15, -0.1) is 0 Å². The molecule has 0 bridgehead atoms. The Labute approximate surface area is 149 Å². The number of rotatable bonds is 2. The maximum atomic E-state index is 13.5. The number of Topliss-reactive ketones (excluding diaryl/α,β-unsaturated/α-hetero) is 1. The molecule has 1 aliphatic heterocycles. The van der Waals surface area contributed by atoms with Crippen LogP contribution in [0, 0.1) is 19.7 Å². The van der Waals surface area contributed by atoms with Crippen LogP contribution in [0.4, 0.5) is 10.3 Å². The predicted octanol–water partition coefficient (Wildman–Crippen LogP) is 4.27. The number of ketones is 1. The van der Waals surface area contributed by atoms with Crippen molar-refractivity contribution in [1.29, 1.82) is 0 Å². The minimum atomic E-state index is -0.281. The number of halogens is 1. The minimum absolute atomic E-state index is 0.144. The van der Waals surface area contributed by atoms with Crippen LogP contribution >= 0.6 is 0 Å². The molecule has 4 rings (SSSR count). The summed E-state index contributed by atoms with van der Waals surface area (Å²) in [5.74, 6) is 0.00511. The van der Waals surface area contributed by atoms with E-state index in [4.69, 9.17) is 4.42 Å². The van der Waals surface area contributed by atoms with Gasteiger partial charge >= 0.3 is 0 Å². The lowest BCUT2D eigenvalue weighted by Gasteiger charge is -2.19. The summed E-state index contributed by atoms with van der Waals surface area (Å²) in [5, 5.41) is 0.416. The Morgan fingerprint density at radius 1 is 1.12 bits per heavy atom. The van der Waals surface area contributed by atoms with E-state index in [0.717, 1.165) is 16.7 Å². The van der Waals surface area contributed by atoms with Crippen molar-refractivity contribution >= 4 is 22.6 Å². The standard InChI is InChI=1S/C21H18FNO3/c1-11-6-17(13(3)24)20-18(7-11)19(25)12(2)21(26-20)23-9-14-4-5-16(22)8-15(14)10-23/h4-8H,9-10H2,1-3H3. The number of fused-ring (bicyclic) bond motifs is 2. The number of anilines is 1. The Balaban J connectivity index is 1.91. The number of hydrogen-bond donors (Lipinski definition) is 0. The topological polar surface area (TPSA) is 50.5 Å². The first-order valence-corrected chi connectivity index (χ1v) is 8.46. The van der Waals surface area contributed by atoms with Crippen LogP contribution in [-0.4, -0.2) is 5.78 Å². The van der Waals surface area contributed by atoms with Gasteiger partial charge in [0, 0.05) is 13.1 Å². The molecule has 0 radical (unpaired) electrons. The zero-order valence-electron chi connectivity index (χ0n) is 14.9. The molecule has 1 aromatic heterocycles. The van der Waals surface area contributed by atoms with Gasteiger partial charge in [-0.05, 0) is 61.7 Å². The lowest BCUT2D eigenvalue weighted by atomic mass is 10.0. The molecule has 0 saturated carbocycles. The first-order valence-electron chi connectivity index (χ1n) is 8.46. The van der Waals surface area contributed by atoms with Crippen LogP contribution in [0.1, 0.15) is 39.5 Å². The van der Waals surface area contributed by atoms with Crippen LogP contribution in [0.25, 0.3) is 11.0 Å². The second kappa shape index (κ2) is 5.80. The van der Waals surface area contributed by atoms with Crippen LogP contribution in [0.5, 0.6) is 0 Å². The van der Waals surface area contributed by atoms with E-state index >= 15 is 0 Å². The van der Waals surface area contributed by atoms with Gasteiger partial charge in [0.15, 0.2) is 16.8 Å². The van der Waals surface area contributed by atoms with Crippen LogP contribution in [-0.2, 0) is 13.1 Å². The van der Waals surface area contributed by atoms with Gasteiger partial charge in [0.05, 0.1) is 16.5 Å². The number of carbonyl (C=O) groups excluding carboxylic acids is 1. The molecular formula is C21H18FNO3. The van der Waals surface area contributed by atoms with Crippen LogP contribution in [0.3, 0.4) is 0 Å². The monoisotopic (exact) mass is 351 g/mol. The van der Waals surface area contributed by atoms with E-state index in [0.29, 0.717) is 41.1 Å². The third-order valence-electron chi connectivity index (χ3n) is 4.90. The molecule has 0 atom stereocenters. The lowest BCUT2D eigenvalue weighted by Crippen LogP contribution is -2.20. The van der Waals surface area contributed by atoms with Crippen LogP contribution in [0.2, 0.25) is 0 Å². The molecule has 0 unspecified atom stereocenters. The summed E-state index contributed by atoms with van der Waals surface area (Å²) in [4.78, 5) is 26.8. The van der Waals surface area contributed by atoms with Crippen LogP contribution < -0.4 is 10.3 Å². The highest BCUT2D eigenvalue weighted by atomic mass is 19.1. The molecule has 2 aromatic carbocycles. The number of aryl methyl sites for hydroxylation is 1. The molecule has 2 heterocycles. The van der Waals surface area contributed by atoms with Gasteiger partial charge in [-0.1, -0.05) is 6.07 Å². The molecule has 0 saturated heterocycles. The van der Waals surface area contributed by atoms with E-state index in [9.17, 15) is 14.0 Å². The first kappa shape index (κ1) is 16.5. The zero-order chi connectivity index (χ0) is 18.6. The molecule has 0 N–H and O–H groups in total. The highest BCUT2D eigenvalue weighted by Gasteiger charge is 2.25. The maximum Gasteiger partial charge on any atom is 0.203 e. The van der Waals surface area contributed by atoms with Crippen molar-refractivity contribution in [2.75, 3.05) is 4.90 Å². The van der Waals surface area contributed by atoms with E-state index < -0.39 is 0 Å². The Morgan fingerprint density at radius 2 is 1.85 bits per heavy atom. The fourth-order valence-corrected chi connectivity index (χ4v) is 3.59. The molecule has 5 heteroatoms. The molecule has 0 fully saturated rings. The Morgan fingerprint density at radius 3 is 2.58 bits per heavy atom. The van der Waals surface area contributed by atoms with E-state index in [-0.39, 0.29) is 17.0 Å². The van der Waals surface area contributed by atoms with Crippen molar-refractivity contribution < 1.29 is 13.6 Å². The van der Waals surface area contributed by atoms with Crippen molar-refractivity contribution in [3.63, 3.8) is 0 Å². The Hall–Kier alpha value is -2.95. The first-order chi connectivity index (χ1) is 12.3. The average Bonchev–Trinajstić information content (AvgIpc) is 3.00. The highest BCUT2D eigenvalue weighted by molar-refractivity contribution is 6.05. The van der Waals surface area contributed by atoms with Crippen molar-refractivity contribution in [3.8, 4) is 0 Å². The summed E-state index contributed by atoms with van der Waals surface area (Å²) >= 11 is 0. The van der Waals surface area contributed by atoms with E-state index in [2.05, 4.69) is 0 Å². The predicted molar refractivity (Wildman–Crippen MR) is 98.2 cm³/mol. The Bertz CT molecular complexity index is 1130. The Kier molecular flexibility index (Phi) is 3.68. The fraction of sp³-hybridized carbons (Fsp3) is 0.238. The highest BCUT2D eigenvalue weighted by Crippen LogP contribution is 2.33. The van der Waals surface area contributed by atoms with Gasteiger partial charge in [0.2, 0.25) is 5.88 Å². The van der Waals surface area contributed by atoms with E-state index in [1.165, 1.54) is 19.1 Å².